The van der Waals surface area contributed by atoms with Gasteiger partial charge in [0.05, 0.1) is 7.11 Å². The molecule has 0 aliphatic carbocycles. The summed E-state index contributed by atoms with van der Waals surface area (Å²) in [6, 6.07) is 23.8. The molecule has 2 amide bonds. The van der Waals surface area contributed by atoms with E-state index < -0.39 is 6.04 Å². The first kappa shape index (κ1) is 26.3. The highest BCUT2D eigenvalue weighted by Crippen LogP contribution is 2.19. The van der Waals surface area contributed by atoms with Crippen molar-refractivity contribution in [2.24, 2.45) is 0 Å². The van der Waals surface area contributed by atoms with Crippen molar-refractivity contribution in [1.29, 1.82) is 0 Å². The first-order valence-corrected chi connectivity index (χ1v) is 12.4. The van der Waals surface area contributed by atoms with Crippen LogP contribution in [0, 0.1) is 0 Å². The van der Waals surface area contributed by atoms with Gasteiger partial charge < -0.3 is 19.7 Å². The van der Waals surface area contributed by atoms with Gasteiger partial charge in [-0.15, -0.1) is 0 Å². The second-order valence-corrected chi connectivity index (χ2v) is 9.02. The Kier molecular flexibility index (Phi) is 10.2. The molecular formula is C28H31BrN2O4. The van der Waals surface area contributed by atoms with Crippen LogP contribution in [0.3, 0.4) is 0 Å². The largest absolute Gasteiger partial charge is 0.497 e. The van der Waals surface area contributed by atoms with Gasteiger partial charge in [0.1, 0.15) is 17.5 Å². The molecular weight excluding hydrogens is 508 g/mol. The monoisotopic (exact) mass is 538 g/mol. The van der Waals surface area contributed by atoms with E-state index in [-0.39, 0.29) is 25.0 Å². The number of hydrogen-bond acceptors (Lipinski definition) is 4. The van der Waals surface area contributed by atoms with Crippen LogP contribution in [0.1, 0.15) is 24.5 Å². The average molecular weight is 539 g/mol. The number of rotatable bonds is 12. The minimum atomic E-state index is -0.681. The maximum Gasteiger partial charge on any atom is 0.261 e. The van der Waals surface area contributed by atoms with Crippen LogP contribution in [0.15, 0.2) is 83.3 Å². The zero-order valence-corrected chi connectivity index (χ0v) is 21.7. The van der Waals surface area contributed by atoms with Crippen LogP contribution in [0.2, 0.25) is 0 Å². The summed E-state index contributed by atoms with van der Waals surface area (Å²) < 4.78 is 11.9. The van der Waals surface area contributed by atoms with Gasteiger partial charge in [-0.1, -0.05) is 65.3 Å². The topological polar surface area (TPSA) is 67.9 Å². The number of nitrogens with zero attached hydrogens (tertiary/aromatic N) is 1. The molecule has 0 aliphatic heterocycles. The van der Waals surface area contributed by atoms with Crippen molar-refractivity contribution in [3.05, 3.63) is 94.5 Å². The molecule has 1 unspecified atom stereocenters. The van der Waals surface area contributed by atoms with Crippen LogP contribution in [-0.4, -0.2) is 43.0 Å². The number of carbonyl (C=O) groups excluding carboxylic acids is 2. The number of carbonyl (C=O) groups is 2. The summed E-state index contributed by atoms with van der Waals surface area (Å²) >= 11 is 3.45. The van der Waals surface area contributed by atoms with Crippen LogP contribution in [-0.2, 0) is 22.6 Å². The van der Waals surface area contributed by atoms with Gasteiger partial charge in [-0.25, -0.2) is 0 Å². The highest BCUT2D eigenvalue weighted by Gasteiger charge is 2.30. The third-order valence-corrected chi connectivity index (χ3v) is 6.04. The van der Waals surface area contributed by atoms with Gasteiger partial charge in [-0.2, -0.15) is 0 Å². The molecule has 0 radical (unpaired) electrons. The summed E-state index contributed by atoms with van der Waals surface area (Å²) in [5, 5.41) is 2.97. The number of hydrogen-bond donors (Lipinski definition) is 1. The number of benzene rings is 3. The molecule has 0 saturated heterocycles. The highest BCUT2D eigenvalue weighted by atomic mass is 79.9. The van der Waals surface area contributed by atoms with Crippen molar-refractivity contribution in [1.82, 2.24) is 10.2 Å². The normalized spacial score (nSPS) is 11.4. The average Bonchev–Trinajstić information content (AvgIpc) is 2.89. The van der Waals surface area contributed by atoms with Crippen LogP contribution in [0.4, 0.5) is 0 Å². The molecule has 1 N–H and O–H groups in total. The molecule has 3 aromatic rings. The summed E-state index contributed by atoms with van der Waals surface area (Å²) in [6.45, 7) is 2.65. The second-order valence-electron chi connectivity index (χ2n) is 8.11. The Morgan fingerprint density at radius 2 is 1.57 bits per heavy atom. The highest BCUT2D eigenvalue weighted by molar-refractivity contribution is 9.10. The maximum absolute atomic E-state index is 13.5. The molecule has 7 heteroatoms. The Labute approximate surface area is 215 Å². The fraction of sp³-hybridized carbons (Fsp3) is 0.286. The van der Waals surface area contributed by atoms with E-state index in [0.717, 1.165) is 22.0 Å². The van der Waals surface area contributed by atoms with Gasteiger partial charge in [-0.05, 0) is 53.9 Å². The number of methoxy groups -OCH3 is 1. The Morgan fingerprint density at radius 3 is 2.20 bits per heavy atom. The van der Waals surface area contributed by atoms with E-state index in [1.54, 1.807) is 36.3 Å². The van der Waals surface area contributed by atoms with Crippen LogP contribution in [0.5, 0.6) is 11.5 Å². The molecule has 35 heavy (non-hydrogen) atoms. The summed E-state index contributed by atoms with van der Waals surface area (Å²) in [5.74, 6) is 0.816. The van der Waals surface area contributed by atoms with Gasteiger partial charge in [0, 0.05) is 24.0 Å². The van der Waals surface area contributed by atoms with E-state index in [4.69, 9.17) is 9.47 Å². The maximum atomic E-state index is 13.5. The fourth-order valence-corrected chi connectivity index (χ4v) is 3.87. The van der Waals surface area contributed by atoms with E-state index in [2.05, 4.69) is 21.2 Å². The molecule has 0 saturated carbocycles. The molecule has 0 spiro atoms. The van der Waals surface area contributed by atoms with Crippen molar-refractivity contribution < 1.29 is 19.1 Å². The zero-order valence-electron chi connectivity index (χ0n) is 20.1. The molecule has 6 nitrogen and oxygen atoms in total. The summed E-state index contributed by atoms with van der Waals surface area (Å²) in [6.07, 6.45) is 1.21. The van der Waals surface area contributed by atoms with E-state index >= 15 is 0 Å². The second kappa shape index (κ2) is 13.5. The van der Waals surface area contributed by atoms with Crippen LogP contribution >= 0.6 is 15.9 Å². The SMILES string of the molecule is CCCNC(=O)C(Cc1ccccc1)N(Cc1ccc(Br)cc1)C(=O)COc1ccc(OC)cc1. The van der Waals surface area contributed by atoms with Crippen molar-refractivity contribution >= 4 is 27.7 Å². The quantitative estimate of drug-likeness (QED) is 0.352. The molecule has 0 aromatic heterocycles. The molecule has 0 bridgehead atoms. The summed E-state index contributed by atoms with van der Waals surface area (Å²) in [4.78, 5) is 28.4. The van der Waals surface area contributed by atoms with Gasteiger partial charge in [0.15, 0.2) is 6.61 Å². The number of halogens is 1. The molecule has 3 aromatic carbocycles. The van der Waals surface area contributed by atoms with Crippen LogP contribution < -0.4 is 14.8 Å². The van der Waals surface area contributed by atoms with E-state index in [0.29, 0.717) is 24.5 Å². The van der Waals surface area contributed by atoms with Gasteiger partial charge in [0.2, 0.25) is 5.91 Å². The van der Waals surface area contributed by atoms with Crippen LogP contribution in [0.25, 0.3) is 0 Å². The summed E-state index contributed by atoms with van der Waals surface area (Å²) in [5.41, 5.74) is 1.90. The van der Waals surface area contributed by atoms with E-state index in [1.165, 1.54) is 0 Å². The first-order valence-electron chi connectivity index (χ1n) is 11.6. The molecule has 1 atom stereocenters. The number of ether oxygens (including phenoxy) is 2. The number of amides is 2. The first-order chi connectivity index (χ1) is 17.0. The standard InChI is InChI=1S/C28H31BrN2O4/c1-3-17-30-28(33)26(18-21-7-5-4-6-8-21)31(19-22-9-11-23(29)12-10-22)27(32)20-35-25-15-13-24(34-2)14-16-25/h4-16,26H,3,17-20H2,1-2H3,(H,30,33). The van der Waals surface area contributed by atoms with Crippen molar-refractivity contribution in [3.63, 3.8) is 0 Å². The van der Waals surface area contributed by atoms with E-state index in [1.807, 2.05) is 61.5 Å². The smallest absolute Gasteiger partial charge is 0.261 e. The minimum Gasteiger partial charge on any atom is -0.497 e. The third kappa shape index (κ3) is 8.14. The molecule has 0 heterocycles. The van der Waals surface area contributed by atoms with Gasteiger partial charge >= 0.3 is 0 Å². The van der Waals surface area contributed by atoms with Gasteiger partial charge in [-0.3, -0.25) is 9.59 Å². The van der Waals surface area contributed by atoms with Gasteiger partial charge in [0.25, 0.3) is 5.91 Å². The van der Waals surface area contributed by atoms with E-state index in [9.17, 15) is 9.59 Å². The molecule has 3 rings (SSSR count). The Bertz CT molecular complexity index is 1070. The lowest BCUT2D eigenvalue weighted by atomic mass is 10.0. The molecule has 0 aliphatic rings. The van der Waals surface area contributed by atoms with Crippen molar-refractivity contribution in [2.75, 3.05) is 20.3 Å². The zero-order chi connectivity index (χ0) is 25.0. The predicted octanol–water partition coefficient (Wildman–Crippen LogP) is 5.00. The fourth-order valence-electron chi connectivity index (χ4n) is 3.61. The third-order valence-electron chi connectivity index (χ3n) is 5.51. The lowest BCUT2D eigenvalue weighted by Crippen LogP contribution is -2.51. The minimum absolute atomic E-state index is 0.175. The number of nitrogens with one attached hydrogen (secondary N) is 1. The Hall–Kier alpha value is -3.32. The summed E-state index contributed by atoms with van der Waals surface area (Å²) in [7, 11) is 1.59. The van der Waals surface area contributed by atoms with Crippen molar-refractivity contribution in [2.45, 2.75) is 32.4 Å². The molecule has 0 fully saturated rings. The lowest BCUT2D eigenvalue weighted by molar-refractivity contribution is -0.142. The predicted molar refractivity (Wildman–Crippen MR) is 140 cm³/mol. The Morgan fingerprint density at radius 1 is 0.914 bits per heavy atom. The lowest BCUT2D eigenvalue weighted by Gasteiger charge is -2.31. The Balaban J connectivity index is 1.86. The molecule has 184 valence electrons. The van der Waals surface area contributed by atoms with Crippen molar-refractivity contribution in [3.8, 4) is 11.5 Å².